The Morgan fingerprint density at radius 2 is 1.87 bits per heavy atom. The van der Waals surface area contributed by atoms with E-state index in [0.29, 0.717) is 0 Å². The normalized spacial score (nSPS) is 20.9. The van der Waals surface area contributed by atoms with Crippen molar-refractivity contribution in [2.24, 2.45) is 5.41 Å². The molecule has 1 rings (SSSR count). The first-order valence-corrected chi connectivity index (χ1v) is 6.00. The molecule has 0 radical (unpaired) electrons. The molecule has 2 nitrogen and oxygen atoms in total. The maximum atomic E-state index is 9.32. The Morgan fingerprint density at radius 3 is 2.33 bits per heavy atom. The number of hydrogen-bond acceptors (Lipinski definition) is 2. The number of nitrogens with zero attached hydrogens (tertiary/aromatic N) is 1. The SMILES string of the molecule is COC(C)(C)CCC1(C#N)CCCCC1. The van der Waals surface area contributed by atoms with Crippen molar-refractivity contribution in [2.75, 3.05) is 7.11 Å². The molecule has 0 atom stereocenters. The zero-order valence-electron chi connectivity index (χ0n) is 10.3. The van der Waals surface area contributed by atoms with E-state index in [1.165, 1.54) is 19.3 Å². The summed E-state index contributed by atoms with van der Waals surface area (Å²) in [5.41, 5.74) is -0.130. The maximum absolute atomic E-state index is 9.32. The molecular weight excluding hydrogens is 186 g/mol. The van der Waals surface area contributed by atoms with Gasteiger partial charge in [0.25, 0.3) is 0 Å². The number of ether oxygens (including phenoxy) is 1. The fourth-order valence-electron chi connectivity index (χ4n) is 2.29. The van der Waals surface area contributed by atoms with Crippen LogP contribution in [-0.2, 0) is 4.74 Å². The first kappa shape index (κ1) is 12.5. The molecule has 0 aromatic heterocycles. The van der Waals surface area contributed by atoms with Gasteiger partial charge in [0.05, 0.1) is 17.1 Å². The van der Waals surface area contributed by atoms with Crippen molar-refractivity contribution in [3.63, 3.8) is 0 Å². The van der Waals surface area contributed by atoms with Gasteiger partial charge in [0.2, 0.25) is 0 Å². The van der Waals surface area contributed by atoms with Crippen LogP contribution in [0.4, 0.5) is 0 Å². The Hall–Kier alpha value is -0.550. The third-order valence-corrected chi connectivity index (χ3v) is 3.81. The molecule has 0 spiro atoms. The quantitative estimate of drug-likeness (QED) is 0.707. The molecule has 0 amide bonds. The molecule has 15 heavy (non-hydrogen) atoms. The Labute approximate surface area is 93.6 Å². The van der Waals surface area contributed by atoms with Gasteiger partial charge >= 0.3 is 0 Å². The van der Waals surface area contributed by atoms with Crippen molar-refractivity contribution in [1.29, 1.82) is 5.26 Å². The molecule has 0 aliphatic heterocycles. The summed E-state index contributed by atoms with van der Waals surface area (Å²) < 4.78 is 5.41. The number of rotatable bonds is 4. The zero-order chi connectivity index (χ0) is 11.4. The number of hydrogen-bond donors (Lipinski definition) is 0. The molecule has 0 N–H and O–H groups in total. The van der Waals surface area contributed by atoms with Crippen molar-refractivity contribution in [3.05, 3.63) is 0 Å². The molecule has 0 saturated heterocycles. The van der Waals surface area contributed by atoms with Gasteiger partial charge in [-0.25, -0.2) is 0 Å². The van der Waals surface area contributed by atoms with E-state index in [2.05, 4.69) is 19.9 Å². The molecule has 0 aromatic rings. The second kappa shape index (κ2) is 4.99. The van der Waals surface area contributed by atoms with Crippen LogP contribution in [0.15, 0.2) is 0 Å². The van der Waals surface area contributed by atoms with Crippen LogP contribution in [0.5, 0.6) is 0 Å². The second-order valence-electron chi connectivity index (χ2n) is 5.42. The average molecular weight is 209 g/mol. The van der Waals surface area contributed by atoms with Crippen LogP contribution in [0.25, 0.3) is 0 Å². The molecule has 1 fully saturated rings. The molecule has 86 valence electrons. The minimum Gasteiger partial charge on any atom is -0.379 e. The molecule has 0 aromatic carbocycles. The first-order chi connectivity index (χ1) is 7.04. The van der Waals surface area contributed by atoms with Gasteiger partial charge in [-0.2, -0.15) is 5.26 Å². The monoisotopic (exact) mass is 209 g/mol. The minimum atomic E-state index is -0.0820. The first-order valence-electron chi connectivity index (χ1n) is 6.00. The second-order valence-corrected chi connectivity index (χ2v) is 5.42. The van der Waals surface area contributed by atoms with Crippen molar-refractivity contribution in [3.8, 4) is 6.07 Å². The van der Waals surface area contributed by atoms with Gasteiger partial charge in [-0.15, -0.1) is 0 Å². The van der Waals surface area contributed by atoms with Gasteiger partial charge in [0.1, 0.15) is 0 Å². The highest BCUT2D eigenvalue weighted by Gasteiger charge is 2.33. The largest absolute Gasteiger partial charge is 0.379 e. The van der Waals surface area contributed by atoms with Gasteiger partial charge in [-0.3, -0.25) is 0 Å². The van der Waals surface area contributed by atoms with E-state index < -0.39 is 0 Å². The molecule has 0 bridgehead atoms. The van der Waals surface area contributed by atoms with Crippen molar-refractivity contribution >= 4 is 0 Å². The fourth-order valence-corrected chi connectivity index (χ4v) is 2.29. The van der Waals surface area contributed by atoms with Gasteiger partial charge in [0, 0.05) is 7.11 Å². The summed E-state index contributed by atoms with van der Waals surface area (Å²) >= 11 is 0. The van der Waals surface area contributed by atoms with Gasteiger partial charge < -0.3 is 4.74 Å². The van der Waals surface area contributed by atoms with E-state index in [0.717, 1.165) is 25.7 Å². The third kappa shape index (κ3) is 3.50. The molecule has 1 aliphatic rings. The summed E-state index contributed by atoms with van der Waals surface area (Å²) in [6.07, 6.45) is 7.90. The van der Waals surface area contributed by atoms with Crippen molar-refractivity contribution in [2.45, 2.75) is 64.4 Å². The van der Waals surface area contributed by atoms with Crippen LogP contribution in [-0.4, -0.2) is 12.7 Å². The summed E-state index contributed by atoms with van der Waals surface area (Å²) in [7, 11) is 1.75. The summed E-state index contributed by atoms with van der Waals surface area (Å²) in [4.78, 5) is 0. The van der Waals surface area contributed by atoms with Crippen molar-refractivity contribution in [1.82, 2.24) is 0 Å². The smallest absolute Gasteiger partial charge is 0.0689 e. The zero-order valence-corrected chi connectivity index (χ0v) is 10.3. The molecule has 0 unspecified atom stereocenters. The van der Waals surface area contributed by atoms with Crippen LogP contribution >= 0.6 is 0 Å². The highest BCUT2D eigenvalue weighted by molar-refractivity contribution is 5.01. The summed E-state index contributed by atoms with van der Waals surface area (Å²) in [5, 5.41) is 9.32. The van der Waals surface area contributed by atoms with Crippen LogP contribution in [0.1, 0.15) is 58.8 Å². The molecule has 0 heterocycles. The standard InChI is InChI=1S/C13H23NO/c1-12(2,15-3)9-10-13(11-14)7-5-4-6-8-13/h4-10H2,1-3H3. The lowest BCUT2D eigenvalue weighted by Crippen LogP contribution is -2.29. The van der Waals surface area contributed by atoms with Crippen LogP contribution in [0.2, 0.25) is 0 Å². The van der Waals surface area contributed by atoms with E-state index in [1.807, 2.05) is 0 Å². The van der Waals surface area contributed by atoms with E-state index in [1.54, 1.807) is 7.11 Å². The predicted molar refractivity (Wildman–Crippen MR) is 61.5 cm³/mol. The summed E-state index contributed by atoms with van der Waals surface area (Å²) in [6, 6.07) is 2.56. The van der Waals surface area contributed by atoms with Gasteiger partial charge in [-0.1, -0.05) is 19.3 Å². The highest BCUT2D eigenvalue weighted by atomic mass is 16.5. The maximum Gasteiger partial charge on any atom is 0.0689 e. The van der Waals surface area contributed by atoms with Gasteiger partial charge in [0.15, 0.2) is 0 Å². The topological polar surface area (TPSA) is 33.0 Å². The molecule has 1 aliphatic carbocycles. The van der Waals surface area contributed by atoms with Crippen molar-refractivity contribution < 1.29 is 4.74 Å². The van der Waals surface area contributed by atoms with E-state index >= 15 is 0 Å². The third-order valence-electron chi connectivity index (χ3n) is 3.81. The number of methoxy groups -OCH3 is 1. The molecular formula is C13H23NO. The molecule has 2 heteroatoms. The van der Waals surface area contributed by atoms with E-state index in [4.69, 9.17) is 4.74 Å². The average Bonchev–Trinajstić information content (AvgIpc) is 2.28. The van der Waals surface area contributed by atoms with Gasteiger partial charge in [-0.05, 0) is 39.5 Å². The summed E-state index contributed by atoms with van der Waals surface area (Å²) in [6.45, 7) is 4.20. The van der Waals surface area contributed by atoms with Crippen LogP contribution < -0.4 is 0 Å². The lowest BCUT2D eigenvalue weighted by molar-refractivity contribution is 0.00479. The number of nitriles is 1. The van der Waals surface area contributed by atoms with Crippen LogP contribution in [0, 0.1) is 16.7 Å². The van der Waals surface area contributed by atoms with E-state index in [-0.39, 0.29) is 11.0 Å². The highest BCUT2D eigenvalue weighted by Crippen LogP contribution is 2.41. The Kier molecular flexibility index (Phi) is 4.16. The lowest BCUT2D eigenvalue weighted by atomic mass is 9.71. The Bertz CT molecular complexity index is 233. The molecule has 1 saturated carbocycles. The lowest BCUT2D eigenvalue weighted by Gasteiger charge is -2.33. The Morgan fingerprint density at radius 1 is 1.27 bits per heavy atom. The minimum absolute atomic E-state index is 0.0476. The summed E-state index contributed by atoms with van der Waals surface area (Å²) in [5.74, 6) is 0. The predicted octanol–water partition coefficient (Wildman–Crippen LogP) is 3.67. The van der Waals surface area contributed by atoms with E-state index in [9.17, 15) is 5.26 Å². The van der Waals surface area contributed by atoms with Crippen LogP contribution in [0.3, 0.4) is 0 Å². The Balaban J connectivity index is 2.50. The fraction of sp³-hybridized carbons (Fsp3) is 0.923.